The van der Waals surface area contributed by atoms with E-state index in [0.29, 0.717) is 19.4 Å². The summed E-state index contributed by atoms with van der Waals surface area (Å²) < 4.78 is 30.6. The van der Waals surface area contributed by atoms with E-state index >= 15 is 0 Å². The van der Waals surface area contributed by atoms with Crippen molar-refractivity contribution in [2.45, 2.75) is 32.6 Å². The molecule has 2 saturated heterocycles. The number of benzene rings is 2. The minimum absolute atomic E-state index is 0. The number of ether oxygens (including phenoxy) is 1. The number of carboxylic acids is 1. The van der Waals surface area contributed by atoms with Crippen LogP contribution < -0.4 is 28.7 Å². The van der Waals surface area contributed by atoms with E-state index in [4.69, 9.17) is 9.84 Å². The van der Waals surface area contributed by atoms with Crippen LogP contribution in [0.2, 0.25) is 0 Å². The molecular formula is C26H33F2LiN2O5. The number of piperidine rings is 2. The molecule has 2 aromatic carbocycles. The molecule has 2 N–H and O–H groups in total. The van der Waals surface area contributed by atoms with Gasteiger partial charge >= 0.3 is 30.8 Å². The second-order valence-electron chi connectivity index (χ2n) is 8.57. The zero-order chi connectivity index (χ0) is 24.5. The Kier molecular flexibility index (Phi) is 13.5. The molecule has 10 heteroatoms. The second-order valence-corrected chi connectivity index (χ2v) is 8.57. The van der Waals surface area contributed by atoms with Crippen LogP contribution in [-0.4, -0.2) is 55.3 Å². The summed E-state index contributed by atoms with van der Waals surface area (Å²) in [6.45, 7) is 5.35. The van der Waals surface area contributed by atoms with Crippen LogP contribution in [0.25, 0.3) is 0 Å². The standard InChI is InChI=1S/C14H18FNO2.C12H14FNO2.Li.H2O/c1-2-18-14(17)11-7-9-16(10-8-11)13-5-3-12(15)4-6-13;13-10-1-3-11(4-2-10)14-7-5-9(6-8-14)12(15)16;;/h3-6,11H,2,7-10H2,1H3;1-4,9H,5-8H2,(H,15,16);;1H2/q;;+1;/p-1. The summed E-state index contributed by atoms with van der Waals surface area (Å²) in [5.74, 6) is -1.47. The molecule has 0 saturated carbocycles. The number of anilines is 2. The fourth-order valence-electron chi connectivity index (χ4n) is 4.32. The van der Waals surface area contributed by atoms with E-state index in [1.807, 2.05) is 6.92 Å². The molecule has 2 heterocycles. The number of hydrogen-bond donors (Lipinski definition) is 1. The normalized spacial score (nSPS) is 16.1. The maximum absolute atomic E-state index is 12.8. The molecule has 0 spiro atoms. The molecule has 0 amide bonds. The van der Waals surface area contributed by atoms with Gasteiger partial charge in [-0.1, -0.05) is 0 Å². The number of carbonyl (C=O) groups excluding carboxylic acids is 1. The molecule has 0 bridgehead atoms. The predicted molar refractivity (Wildman–Crippen MR) is 129 cm³/mol. The van der Waals surface area contributed by atoms with Gasteiger partial charge in [0.1, 0.15) is 11.6 Å². The van der Waals surface area contributed by atoms with Gasteiger partial charge in [0.2, 0.25) is 0 Å². The smallest absolute Gasteiger partial charge is 0.870 e. The summed E-state index contributed by atoms with van der Waals surface area (Å²) in [4.78, 5) is 26.6. The molecule has 4 rings (SSSR count). The molecule has 2 fully saturated rings. The van der Waals surface area contributed by atoms with Crippen molar-refractivity contribution >= 4 is 23.3 Å². The SMILES string of the molecule is CCOC(=O)C1CCN(c2ccc(F)cc2)CC1.O=C(O)C1CCN(c2ccc(F)cc2)CC1.[Li+].[OH-]. The Hall–Kier alpha value is -2.60. The largest absolute Gasteiger partial charge is 1.00 e. The van der Waals surface area contributed by atoms with Crippen LogP contribution in [0.4, 0.5) is 20.2 Å². The molecule has 36 heavy (non-hydrogen) atoms. The van der Waals surface area contributed by atoms with Crippen LogP contribution in [0.1, 0.15) is 32.6 Å². The van der Waals surface area contributed by atoms with Crippen molar-refractivity contribution in [1.82, 2.24) is 0 Å². The molecule has 192 valence electrons. The minimum atomic E-state index is -0.709. The Morgan fingerprint density at radius 2 is 1.17 bits per heavy atom. The summed E-state index contributed by atoms with van der Waals surface area (Å²) in [6.07, 6.45) is 2.92. The third-order valence-corrected chi connectivity index (χ3v) is 6.34. The van der Waals surface area contributed by atoms with Gasteiger partial charge in [-0.25, -0.2) is 8.78 Å². The minimum Gasteiger partial charge on any atom is -0.870 e. The fourth-order valence-corrected chi connectivity index (χ4v) is 4.32. The molecule has 2 aliphatic rings. The van der Waals surface area contributed by atoms with E-state index in [0.717, 1.165) is 50.4 Å². The van der Waals surface area contributed by atoms with Gasteiger partial charge in [0.25, 0.3) is 0 Å². The number of halogens is 2. The number of aliphatic carboxylic acids is 1. The summed E-state index contributed by atoms with van der Waals surface area (Å²) in [5.41, 5.74) is 1.98. The monoisotopic (exact) mass is 498 g/mol. The quantitative estimate of drug-likeness (QED) is 0.493. The number of hydrogen-bond acceptors (Lipinski definition) is 6. The molecule has 7 nitrogen and oxygen atoms in total. The van der Waals surface area contributed by atoms with Crippen molar-refractivity contribution in [3.05, 3.63) is 60.2 Å². The Bertz CT molecular complexity index is 930. The first kappa shape index (κ1) is 31.4. The van der Waals surface area contributed by atoms with Gasteiger partial charge in [-0.05, 0) is 81.1 Å². The number of esters is 1. The van der Waals surface area contributed by atoms with Crippen molar-refractivity contribution in [1.29, 1.82) is 0 Å². The van der Waals surface area contributed by atoms with Gasteiger partial charge in [-0.2, -0.15) is 0 Å². The Balaban J connectivity index is 0.000000343. The fraction of sp³-hybridized carbons (Fsp3) is 0.462. The van der Waals surface area contributed by atoms with Crippen LogP contribution in [0.15, 0.2) is 48.5 Å². The summed E-state index contributed by atoms with van der Waals surface area (Å²) in [6, 6.07) is 12.8. The van der Waals surface area contributed by atoms with Crippen LogP contribution in [0, 0.1) is 23.5 Å². The Labute approximate surface area is 222 Å². The number of rotatable bonds is 5. The van der Waals surface area contributed by atoms with Crippen LogP contribution in [-0.2, 0) is 14.3 Å². The first-order valence-electron chi connectivity index (χ1n) is 11.8. The first-order chi connectivity index (χ1) is 16.4. The van der Waals surface area contributed by atoms with E-state index < -0.39 is 5.97 Å². The van der Waals surface area contributed by atoms with E-state index in [-0.39, 0.29) is 53.8 Å². The maximum Gasteiger partial charge on any atom is 1.00 e. The molecule has 0 unspecified atom stereocenters. The molecular weight excluding hydrogens is 465 g/mol. The Morgan fingerprint density at radius 3 is 1.50 bits per heavy atom. The van der Waals surface area contributed by atoms with Gasteiger partial charge in [-0.3, -0.25) is 9.59 Å². The number of nitrogens with zero attached hydrogens (tertiary/aromatic N) is 2. The van der Waals surface area contributed by atoms with Gasteiger partial charge < -0.3 is 25.1 Å². The van der Waals surface area contributed by atoms with Gasteiger partial charge in [-0.15, -0.1) is 0 Å². The average molecular weight is 498 g/mol. The Morgan fingerprint density at radius 1 is 0.806 bits per heavy atom. The number of carbonyl (C=O) groups is 2. The molecule has 0 aliphatic carbocycles. The first-order valence-corrected chi connectivity index (χ1v) is 11.8. The molecule has 0 atom stereocenters. The zero-order valence-corrected chi connectivity index (χ0v) is 20.9. The van der Waals surface area contributed by atoms with Gasteiger partial charge in [0.05, 0.1) is 18.4 Å². The van der Waals surface area contributed by atoms with Crippen molar-refractivity contribution in [2.24, 2.45) is 11.8 Å². The molecule has 0 radical (unpaired) electrons. The third-order valence-electron chi connectivity index (χ3n) is 6.34. The van der Waals surface area contributed by atoms with E-state index in [9.17, 15) is 18.4 Å². The molecule has 0 aromatic heterocycles. The van der Waals surface area contributed by atoms with E-state index in [2.05, 4.69) is 9.80 Å². The number of carboxylic acid groups (broad SMARTS) is 1. The van der Waals surface area contributed by atoms with E-state index in [1.165, 1.54) is 24.3 Å². The maximum atomic E-state index is 12.8. The molecule has 2 aliphatic heterocycles. The van der Waals surface area contributed by atoms with Crippen molar-refractivity contribution in [2.75, 3.05) is 42.6 Å². The van der Waals surface area contributed by atoms with Crippen LogP contribution in [0.3, 0.4) is 0 Å². The third kappa shape index (κ3) is 9.12. The van der Waals surface area contributed by atoms with E-state index in [1.54, 1.807) is 24.3 Å². The topological polar surface area (TPSA) is 100 Å². The van der Waals surface area contributed by atoms with Crippen molar-refractivity contribution < 1.29 is 52.6 Å². The zero-order valence-electron chi connectivity index (χ0n) is 20.9. The van der Waals surface area contributed by atoms with Gasteiger partial charge in [0, 0.05) is 37.6 Å². The summed E-state index contributed by atoms with van der Waals surface area (Å²) in [5, 5.41) is 8.86. The van der Waals surface area contributed by atoms with Crippen LogP contribution in [0.5, 0.6) is 0 Å². The van der Waals surface area contributed by atoms with Crippen molar-refractivity contribution in [3.8, 4) is 0 Å². The van der Waals surface area contributed by atoms with Crippen molar-refractivity contribution in [3.63, 3.8) is 0 Å². The average Bonchev–Trinajstić information content (AvgIpc) is 2.86. The predicted octanol–water partition coefficient (Wildman–Crippen LogP) is 1.56. The molecule has 2 aromatic rings. The van der Waals surface area contributed by atoms with Crippen LogP contribution >= 0.6 is 0 Å². The summed E-state index contributed by atoms with van der Waals surface area (Å²) in [7, 11) is 0. The second kappa shape index (κ2) is 15.5. The van der Waals surface area contributed by atoms with Gasteiger partial charge in [0.15, 0.2) is 0 Å². The summed E-state index contributed by atoms with van der Waals surface area (Å²) >= 11 is 0.